The summed E-state index contributed by atoms with van der Waals surface area (Å²) in [6, 6.07) is 15.0. The van der Waals surface area contributed by atoms with Crippen LogP contribution in [0, 0.1) is 6.92 Å². The number of aryl methyl sites for hydroxylation is 1. The van der Waals surface area contributed by atoms with Gasteiger partial charge in [0.05, 0.1) is 10.1 Å². The first-order valence-corrected chi connectivity index (χ1v) is 13.3. The fraction of sp³-hybridized carbons (Fsp3) is 0.174. The summed E-state index contributed by atoms with van der Waals surface area (Å²) < 4.78 is 32.3. The molecule has 3 N–H and O–H groups in total. The highest BCUT2D eigenvalue weighted by molar-refractivity contribution is 8.00. The van der Waals surface area contributed by atoms with Crippen LogP contribution in [-0.4, -0.2) is 44.9 Å². The second kappa shape index (κ2) is 9.59. The zero-order valence-corrected chi connectivity index (χ0v) is 20.9. The summed E-state index contributed by atoms with van der Waals surface area (Å²) in [5.41, 5.74) is 2.66. The molecular formula is C23H21N7O4S2. The first-order chi connectivity index (χ1) is 17.3. The number of aromatic nitrogens is 5. The van der Waals surface area contributed by atoms with E-state index < -0.39 is 15.3 Å². The highest BCUT2D eigenvalue weighted by Gasteiger charge is 2.22. The fourth-order valence-corrected chi connectivity index (χ4v) is 5.36. The lowest BCUT2D eigenvalue weighted by Gasteiger charge is -2.14. The molecule has 3 aromatic heterocycles. The number of nitrogens with one attached hydrogen (secondary N) is 3. The van der Waals surface area contributed by atoms with Crippen molar-refractivity contribution in [2.24, 2.45) is 0 Å². The summed E-state index contributed by atoms with van der Waals surface area (Å²) in [4.78, 5) is 20.7. The second-order valence-corrected chi connectivity index (χ2v) is 10.8. The van der Waals surface area contributed by atoms with E-state index in [0.717, 1.165) is 10.9 Å². The fourth-order valence-electron chi connectivity index (χ4n) is 3.56. The molecule has 36 heavy (non-hydrogen) atoms. The van der Waals surface area contributed by atoms with E-state index in [0.29, 0.717) is 34.2 Å². The molecule has 0 aliphatic rings. The van der Waals surface area contributed by atoms with Gasteiger partial charge in [-0.3, -0.25) is 9.52 Å². The van der Waals surface area contributed by atoms with Gasteiger partial charge in [0.1, 0.15) is 11.3 Å². The Morgan fingerprint density at radius 1 is 1.14 bits per heavy atom. The molecule has 0 spiro atoms. The average Bonchev–Trinajstić information content (AvgIpc) is 3.44. The van der Waals surface area contributed by atoms with Gasteiger partial charge in [0, 0.05) is 22.7 Å². The van der Waals surface area contributed by atoms with Gasteiger partial charge < -0.3 is 14.8 Å². The maximum Gasteiger partial charge on any atom is 0.263 e. The standard InChI is InChI=1S/C23H21N7O4S2/c1-3-18(35-23-26-21-20(27-28-23)16-6-4-5-7-17(16)25-21)22(31)24-14-8-10-15(11-9-14)36(32,33)30-19-12-13(2)34-29-19/h4-12,18H,3H2,1-2H3,(H,24,31)(H,29,30)(H,25,26,28). The molecular weight excluding hydrogens is 502 g/mol. The van der Waals surface area contributed by atoms with Crippen LogP contribution in [0.1, 0.15) is 19.1 Å². The van der Waals surface area contributed by atoms with Gasteiger partial charge in [0.15, 0.2) is 11.5 Å². The summed E-state index contributed by atoms with van der Waals surface area (Å²) in [5, 5.41) is 15.8. The molecule has 5 aromatic rings. The molecule has 1 amide bonds. The monoisotopic (exact) mass is 523 g/mol. The van der Waals surface area contributed by atoms with Crippen LogP contribution in [0.15, 0.2) is 69.2 Å². The molecule has 2 aromatic carbocycles. The second-order valence-electron chi connectivity index (χ2n) is 7.92. The smallest absolute Gasteiger partial charge is 0.263 e. The van der Waals surface area contributed by atoms with E-state index in [-0.39, 0.29) is 16.6 Å². The largest absolute Gasteiger partial charge is 0.360 e. The highest BCUT2D eigenvalue weighted by atomic mass is 32.2. The lowest BCUT2D eigenvalue weighted by Crippen LogP contribution is -2.25. The predicted molar refractivity (Wildman–Crippen MR) is 136 cm³/mol. The minimum Gasteiger partial charge on any atom is -0.360 e. The number of hydrogen-bond acceptors (Lipinski definition) is 9. The number of thioether (sulfide) groups is 1. The first-order valence-electron chi connectivity index (χ1n) is 11.0. The van der Waals surface area contributed by atoms with Gasteiger partial charge in [-0.05, 0) is 43.7 Å². The number of anilines is 2. The van der Waals surface area contributed by atoms with Gasteiger partial charge in [0.25, 0.3) is 10.0 Å². The van der Waals surface area contributed by atoms with Gasteiger partial charge >= 0.3 is 0 Å². The summed E-state index contributed by atoms with van der Waals surface area (Å²) >= 11 is 1.21. The van der Waals surface area contributed by atoms with Crippen molar-refractivity contribution < 1.29 is 17.7 Å². The number of carbonyl (C=O) groups is 1. The van der Waals surface area contributed by atoms with Crippen LogP contribution in [0.2, 0.25) is 0 Å². The van der Waals surface area contributed by atoms with Gasteiger partial charge in [-0.25, -0.2) is 13.4 Å². The molecule has 1 atom stereocenters. The number of nitrogens with zero attached hydrogens (tertiary/aromatic N) is 4. The van der Waals surface area contributed by atoms with E-state index in [1.807, 2.05) is 31.2 Å². The van der Waals surface area contributed by atoms with Crippen LogP contribution in [0.3, 0.4) is 0 Å². The van der Waals surface area contributed by atoms with Gasteiger partial charge in [-0.1, -0.05) is 42.0 Å². The van der Waals surface area contributed by atoms with Crippen molar-refractivity contribution in [3.05, 3.63) is 60.4 Å². The van der Waals surface area contributed by atoms with Gasteiger partial charge in [-0.15, -0.1) is 10.2 Å². The summed E-state index contributed by atoms with van der Waals surface area (Å²) in [6.45, 7) is 3.55. The van der Waals surface area contributed by atoms with Gasteiger partial charge in [0.2, 0.25) is 11.1 Å². The normalized spacial score (nSPS) is 12.6. The Morgan fingerprint density at radius 2 is 1.92 bits per heavy atom. The summed E-state index contributed by atoms with van der Waals surface area (Å²) in [6.07, 6.45) is 0.526. The maximum absolute atomic E-state index is 12.9. The molecule has 3 heterocycles. The summed E-state index contributed by atoms with van der Waals surface area (Å²) in [7, 11) is -3.85. The van der Waals surface area contributed by atoms with Crippen LogP contribution in [0.25, 0.3) is 22.1 Å². The Kier molecular flexibility index (Phi) is 6.33. The molecule has 0 aliphatic heterocycles. The quantitative estimate of drug-likeness (QED) is 0.255. The molecule has 13 heteroatoms. The lowest BCUT2D eigenvalue weighted by atomic mass is 10.2. The Bertz CT molecular complexity index is 1660. The number of sulfonamides is 1. The maximum atomic E-state index is 12.9. The third kappa shape index (κ3) is 4.88. The molecule has 184 valence electrons. The Hall–Kier alpha value is -3.97. The number of hydrogen-bond donors (Lipinski definition) is 3. The number of carbonyl (C=O) groups excluding carboxylic acids is 1. The zero-order valence-electron chi connectivity index (χ0n) is 19.2. The number of benzene rings is 2. The van der Waals surface area contributed by atoms with Crippen molar-refractivity contribution in [2.75, 3.05) is 10.0 Å². The lowest BCUT2D eigenvalue weighted by molar-refractivity contribution is -0.115. The predicted octanol–water partition coefficient (Wildman–Crippen LogP) is 4.11. The van der Waals surface area contributed by atoms with Gasteiger partial charge in [-0.2, -0.15) is 0 Å². The minimum absolute atomic E-state index is 0.0219. The van der Waals surface area contributed by atoms with Crippen LogP contribution >= 0.6 is 11.8 Å². The van der Waals surface area contributed by atoms with Crippen molar-refractivity contribution in [1.82, 2.24) is 25.3 Å². The van der Waals surface area contributed by atoms with Crippen LogP contribution in [-0.2, 0) is 14.8 Å². The molecule has 0 radical (unpaired) electrons. The van der Waals surface area contributed by atoms with Crippen molar-refractivity contribution >= 4 is 61.3 Å². The molecule has 1 unspecified atom stereocenters. The number of para-hydroxylation sites is 1. The summed E-state index contributed by atoms with van der Waals surface area (Å²) in [5.74, 6) is 0.321. The van der Waals surface area contributed by atoms with Crippen LogP contribution in [0.4, 0.5) is 11.5 Å². The number of fused-ring (bicyclic) bond motifs is 3. The Morgan fingerprint density at radius 3 is 2.64 bits per heavy atom. The molecule has 0 saturated heterocycles. The van der Waals surface area contributed by atoms with E-state index in [9.17, 15) is 13.2 Å². The molecule has 0 saturated carbocycles. The number of amides is 1. The molecule has 0 fully saturated rings. The number of aromatic amines is 1. The molecule has 5 rings (SSSR count). The first kappa shape index (κ1) is 23.8. The van der Waals surface area contributed by atoms with Crippen LogP contribution < -0.4 is 10.0 Å². The highest BCUT2D eigenvalue weighted by Crippen LogP contribution is 2.27. The average molecular weight is 524 g/mol. The van der Waals surface area contributed by atoms with Crippen LogP contribution in [0.5, 0.6) is 0 Å². The molecule has 11 nitrogen and oxygen atoms in total. The van der Waals surface area contributed by atoms with Crippen molar-refractivity contribution in [3.8, 4) is 0 Å². The number of rotatable bonds is 8. The van der Waals surface area contributed by atoms with Crippen molar-refractivity contribution in [1.29, 1.82) is 0 Å². The Labute approximate surface area is 210 Å². The van der Waals surface area contributed by atoms with E-state index in [1.165, 1.54) is 42.1 Å². The Balaban J connectivity index is 1.26. The van der Waals surface area contributed by atoms with E-state index in [1.54, 1.807) is 6.92 Å². The molecule has 0 aliphatic carbocycles. The third-order valence-electron chi connectivity index (χ3n) is 5.31. The van der Waals surface area contributed by atoms with E-state index >= 15 is 0 Å². The number of H-pyrrole nitrogens is 1. The zero-order chi connectivity index (χ0) is 25.3. The topological polar surface area (TPSA) is 156 Å². The minimum atomic E-state index is -3.85. The molecule has 0 bridgehead atoms. The van der Waals surface area contributed by atoms with Crippen molar-refractivity contribution in [2.45, 2.75) is 35.6 Å². The van der Waals surface area contributed by atoms with E-state index in [2.05, 4.69) is 35.4 Å². The SMILES string of the molecule is CCC(Sc1nnc2c(n1)[nH]c1ccccc12)C(=O)Nc1ccc(S(=O)(=O)Nc2cc(C)on2)cc1. The third-order valence-corrected chi connectivity index (χ3v) is 7.90. The van der Waals surface area contributed by atoms with E-state index in [4.69, 9.17) is 4.52 Å². The van der Waals surface area contributed by atoms with Crippen molar-refractivity contribution in [3.63, 3.8) is 0 Å².